The zero-order valence-corrected chi connectivity index (χ0v) is 16.9. The van der Waals surface area contributed by atoms with Gasteiger partial charge in [0.1, 0.15) is 11.3 Å². The number of carbonyl (C=O) groups is 1. The number of isocyanates is 1. The lowest BCUT2D eigenvalue weighted by atomic mass is 9.62. The van der Waals surface area contributed by atoms with Crippen LogP contribution < -0.4 is 10.6 Å². The molecule has 6 nitrogen and oxygen atoms in total. The van der Waals surface area contributed by atoms with E-state index in [4.69, 9.17) is 4.42 Å². The second-order valence-electron chi connectivity index (χ2n) is 9.07. The number of fused-ring (bicyclic) bond motifs is 1. The van der Waals surface area contributed by atoms with E-state index in [1.54, 1.807) is 6.08 Å². The molecule has 1 aromatic heterocycles. The van der Waals surface area contributed by atoms with E-state index < -0.39 is 0 Å². The van der Waals surface area contributed by atoms with E-state index >= 15 is 0 Å². The first kappa shape index (κ1) is 20.2. The Bertz CT molecular complexity index is 849. The summed E-state index contributed by atoms with van der Waals surface area (Å²) >= 11 is 0. The van der Waals surface area contributed by atoms with Crippen molar-refractivity contribution < 1.29 is 14.0 Å². The zero-order chi connectivity index (χ0) is 20.2. The standard InChI is InChI=1S/C22H29N3O3/c1-21(2)11-17(12-22(3,13-21)14-23-15-26)25-20(27)24-9-8-18-10-16-6-4-5-7-19(16)28-18/h4-7,10,17H,8-9,11-14H2,1-3H3,(H2,24,25,27). The number of rotatable bonds is 6. The minimum Gasteiger partial charge on any atom is -0.461 e. The van der Waals surface area contributed by atoms with Crippen LogP contribution in [0.5, 0.6) is 0 Å². The van der Waals surface area contributed by atoms with E-state index in [0.29, 0.717) is 19.5 Å². The quantitative estimate of drug-likeness (QED) is 0.579. The Morgan fingerprint density at radius 3 is 2.82 bits per heavy atom. The summed E-state index contributed by atoms with van der Waals surface area (Å²) in [6.07, 6.45) is 4.97. The first-order valence-corrected chi connectivity index (χ1v) is 9.84. The van der Waals surface area contributed by atoms with Gasteiger partial charge in [-0.25, -0.2) is 14.6 Å². The lowest BCUT2D eigenvalue weighted by Gasteiger charge is -2.46. The number of nitrogens with zero attached hydrogens (tertiary/aromatic N) is 1. The summed E-state index contributed by atoms with van der Waals surface area (Å²) in [6, 6.07) is 9.78. The number of urea groups is 1. The number of para-hydroxylation sites is 1. The van der Waals surface area contributed by atoms with Crippen LogP contribution in [0.3, 0.4) is 0 Å². The fourth-order valence-corrected chi connectivity index (χ4v) is 4.78. The fraction of sp³-hybridized carbons (Fsp3) is 0.545. The summed E-state index contributed by atoms with van der Waals surface area (Å²) in [7, 11) is 0. The molecule has 1 heterocycles. The molecule has 3 rings (SSSR count). The highest BCUT2D eigenvalue weighted by Gasteiger charge is 2.41. The molecule has 1 aliphatic carbocycles. The molecule has 2 aromatic rings. The molecule has 1 saturated carbocycles. The van der Waals surface area contributed by atoms with Crippen LogP contribution in [0.1, 0.15) is 45.8 Å². The summed E-state index contributed by atoms with van der Waals surface area (Å²) in [6.45, 7) is 7.48. The van der Waals surface area contributed by atoms with E-state index in [1.165, 1.54) is 0 Å². The Morgan fingerprint density at radius 2 is 2.07 bits per heavy atom. The van der Waals surface area contributed by atoms with Gasteiger partial charge in [-0.05, 0) is 42.2 Å². The van der Waals surface area contributed by atoms with Gasteiger partial charge in [0.25, 0.3) is 0 Å². The maximum Gasteiger partial charge on any atom is 0.315 e. The summed E-state index contributed by atoms with van der Waals surface area (Å²) in [5.41, 5.74) is 0.840. The van der Waals surface area contributed by atoms with E-state index in [9.17, 15) is 9.59 Å². The number of hydrogen-bond acceptors (Lipinski definition) is 4. The number of aliphatic imine (C=N–C) groups is 1. The van der Waals surface area contributed by atoms with Gasteiger partial charge in [0.15, 0.2) is 0 Å². The van der Waals surface area contributed by atoms with Crippen LogP contribution in [0, 0.1) is 10.8 Å². The maximum absolute atomic E-state index is 12.4. The SMILES string of the molecule is CC1(C)CC(NC(=O)NCCc2cc3ccccc3o2)CC(C)(CN=C=O)C1. The molecule has 2 N–H and O–H groups in total. The molecule has 2 amide bonds. The average Bonchev–Trinajstić information content (AvgIpc) is 3.01. The van der Waals surface area contributed by atoms with Crippen LogP contribution in [-0.2, 0) is 11.2 Å². The normalized spacial score (nSPS) is 23.8. The molecule has 0 saturated heterocycles. The summed E-state index contributed by atoms with van der Waals surface area (Å²) in [4.78, 5) is 26.7. The van der Waals surface area contributed by atoms with Gasteiger partial charge < -0.3 is 15.1 Å². The first-order valence-electron chi connectivity index (χ1n) is 9.84. The summed E-state index contributed by atoms with van der Waals surface area (Å²) < 4.78 is 5.78. The molecule has 1 aromatic carbocycles. The van der Waals surface area contributed by atoms with Crippen LogP contribution in [0.15, 0.2) is 39.7 Å². The van der Waals surface area contributed by atoms with Gasteiger partial charge in [0.05, 0.1) is 6.54 Å². The van der Waals surface area contributed by atoms with Gasteiger partial charge in [-0.1, -0.05) is 39.0 Å². The van der Waals surface area contributed by atoms with Crippen LogP contribution >= 0.6 is 0 Å². The minimum absolute atomic E-state index is 0.0572. The van der Waals surface area contributed by atoms with Crippen molar-refractivity contribution in [2.24, 2.45) is 15.8 Å². The number of furan rings is 1. The highest BCUT2D eigenvalue weighted by molar-refractivity contribution is 5.77. The van der Waals surface area contributed by atoms with Crippen molar-refractivity contribution in [3.63, 3.8) is 0 Å². The van der Waals surface area contributed by atoms with Gasteiger partial charge in [-0.3, -0.25) is 0 Å². The molecule has 0 radical (unpaired) electrons. The average molecular weight is 383 g/mol. The molecule has 6 heteroatoms. The lowest BCUT2D eigenvalue weighted by molar-refractivity contribution is 0.0807. The summed E-state index contributed by atoms with van der Waals surface area (Å²) in [5.74, 6) is 0.861. The number of benzene rings is 1. The third-order valence-electron chi connectivity index (χ3n) is 5.44. The largest absolute Gasteiger partial charge is 0.461 e. The molecular formula is C22H29N3O3. The highest BCUT2D eigenvalue weighted by atomic mass is 16.3. The van der Waals surface area contributed by atoms with Crippen molar-refractivity contribution in [2.75, 3.05) is 13.1 Å². The molecule has 150 valence electrons. The lowest BCUT2D eigenvalue weighted by Crippen LogP contribution is -2.50. The zero-order valence-electron chi connectivity index (χ0n) is 16.9. The third-order valence-corrected chi connectivity index (χ3v) is 5.44. The van der Waals surface area contributed by atoms with Gasteiger partial charge in [0, 0.05) is 24.4 Å². The first-order chi connectivity index (χ1) is 13.3. The van der Waals surface area contributed by atoms with Crippen LogP contribution in [-0.4, -0.2) is 31.2 Å². The molecule has 2 unspecified atom stereocenters. The maximum atomic E-state index is 12.4. The molecule has 28 heavy (non-hydrogen) atoms. The highest BCUT2D eigenvalue weighted by Crippen LogP contribution is 2.46. The van der Waals surface area contributed by atoms with Gasteiger partial charge in [-0.2, -0.15) is 0 Å². The Morgan fingerprint density at radius 1 is 1.29 bits per heavy atom. The van der Waals surface area contributed by atoms with Crippen LogP contribution in [0.2, 0.25) is 0 Å². The monoisotopic (exact) mass is 383 g/mol. The predicted molar refractivity (Wildman–Crippen MR) is 109 cm³/mol. The van der Waals surface area contributed by atoms with Gasteiger partial charge in [-0.15, -0.1) is 0 Å². The van der Waals surface area contributed by atoms with E-state index in [1.807, 2.05) is 30.3 Å². The van der Waals surface area contributed by atoms with E-state index in [-0.39, 0.29) is 22.9 Å². The third kappa shape index (κ3) is 5.23. The van der Waals surface area contributed by atoms with E-state index in [0.717, 1.165) is 36.0 Å². The van der Waals surface area contributed by atoms with Crippen molar-refractivity contribution in [1.82, 2.24) is 10.6 Å². The number of nitrogens with one attached hydrogen (secondary N) is 2. The van der Waals surface area contributed by atoms with Gasteiger partial charge in [0.2, 0.25) is 6.08 Å². The fourth-order valence-electron chi connectivity index (χ4n) is 4.78. The van der Waals surface area contributed by atoms with Crippen molar-refractivity contribution >= 4 is 23.1 Å². The van der Waals surface area contributed by atoms with Crippen LogP contribution in [0.25, 0.3) is 11.0 Å². The molecular weight excluding hydrogens is 354 g/mol. The Hall–Kier alpha value is -2.59. The topological polar surface area (TPSA) is 83.7 Å². The van der Waals surface area contributed by atoms with Crippen LogP contribution in [0.4, 0.5) is 4.79 Å². The molecule has 0 spiro atoms. The Balaban J connectivity index is 1.51. The number of hydrogen-bond donors (Lipinski definition) is 2. The van der Waals surface area contributed by atoms with E-state index in [2.05, 4.69) is 36.4 Å². The van der Waals surface area contributed by atoms with Crippen molar-refractivity contribution in [1.29, 1.82) is 0 Å². The Kier molecular flexibility index (Phi) is 5.90. The second-order valence-corrected chi connectivity index (χ2v) is 9.07. The predicted octanol–water partition coefficient (Wildman–Crippen LogP) is 4.20. The smallest absolute Gasteiger partial charge is 0.315 e. The van der Waals surface area contributed by atoms with Crippen molar-refractivity contribution in [2.45, 2.75) is 52.5 Å². The van der Waals surface area contributed by atoms with Crippen molar-refractivity contribution in [3.8, 4) is 0 Å². The molecule has 1 aliphatic rings. The molecule has 2 atom stereocenters. The summed E-state index contributed by atoms with van der Waals surface area (Å²) in [5, 5.41) is 7.10. The van der Waals surface area contributed by atoms with Crippen molar-refractivity contribution in [3.05, 3.63) is 36.1 Å². The van der Waals surface area contributed by atoms with Gasteiger partial charge >= 0.3 is 6.03 Å². The Labute approximate surface area is 165 Å². The molecule has 0 aliphatic heterocycles. The molecule has 0 bridgehead atoms. The minimum atomic E-state index is -0.167. The molecule has 1 fully saturated rings. The second kappa shape index (κ2) is 8.19. The number of amides is 2. The number of carbonyl (C=O) groups excluding carboxylic acids is 2.